The van der Waals surface area contributed by atoms with E-state index in [1.54, 1.807) is 24.3 Å². The molecule has 0 radical (unpaired) electrons. The molecule has 3 N–H and O–H groups in total. The van der Waals surface area contributed by atoms with Gasteiger partial charge in [0.2, 0.25) is 5.75 Å². The molecule has 0 bridgehead atoms. The van der Waals surface area contributed by atoms with Gasteiger partial charge < -0.3 is 10.5 Å². The van der Waals surface area contributed by atoms with E-state index in [2.05, 4.69) is 0 Å². The van der Waals surface area contributed by atoms with Crippen molar-refractivity contribution in [1.82, 2.24) is 0 Å². The molecule has 0 unspecified atom stereocenters. The zero-order chi connectivity index (χ0) is 15.4. The lowest BCUT2D eigenvalue weighted by Gasteiger charge is -2.08. The Hall–Kier alpha value is -2.96. The molecule has 2 aromatic carbocycles. The molecular weight excluding hydrogens is 277 g/mol. The molecule has 0 aliphatic heterocycles. The highest BCUT2D eigenvalue weighted by atomic mass is 19.1. The molecule has 0 saturated carbocycles. The van der Waals surface area contributed by atoms with Crippen LogP contribution in [0.25, 0.3) is 0 Å². The summed E-state index contributed by atoms with van der Waals surface area (Å²) in [5.41, 5.74) is 6.14. The summed E-state index contributed by atoms with van der Waals surface area (Å²) in [5.74, 6) is -1.24. The van der Waals surface area contributed by atoms with Crippen molar-refractivity contribution in [2.75, 3.05) is 0 Å². The predicted molar refractivity (Wildman–Crippen MR) is 74.8 cm³/mol. The molecule has 6 nitrogen and oxygen atoms in total. The van der Waals surface area contributed by atoms with Crippen LogP contribution in [0.3, 0.4) is 0 Å². The van der Waals surface area contributed by atoms with Crippen LogP contribution >= 0.6 is 0 Å². The first-order chi connectivity index (χ1) is 9.99. The summed E-state index contributed by atoms with van der Waals surface area (Å²) < 4.78 is 18.8. The summed E-state index contributed by atoms with van der Waals surface area (Å²) in [4.78, 5) is 10.1. The number of nitrogens with one attached hydrogen (secondary N) is 1. The first kappa shape index (κ1) is 14.4. The molecule has 0 atom stereocenters. The number of hydrogen-bond donors (Lipinski definition) is 2. The number of nitro groups is 1. The van der Waals surface area contributed by atoms with Crippen LogP contribution in [-0.4, -0.2) is 10.8 Å². The number of rotatable bonds is 5. The standard InChI is InChI=1S/C14H12FN3O3/c15-11-2-1-3-12(18(19)20)13(11)21-8-9-4-6-10(7-5-9)14(16)17/h1-7H,8H2,(H3,16,17). The Kier molecular flexibility index (Phi) is 4.13. The number of nitro benzene ring substituents is 1. The molecule has 108 valence electrons. The van der Waals surface area contributed by atoms with Crippen LogP contribution in [0.15, 0.2) is 42.5 Å². The molecule has 0 saturated heterocycles. The first-order valence-corrected chi connectivity index (χ1v) is 5.98. The highest BCUT2D eigenvalue weighted by molar-refractivity contribution is 5.94. The van der Waals surface area contributed by atoms with Gasteiger partial charge in [0.15, 0.2) is 5.82 Å². The topological polar surface area (TPSA) is 102 Å². The lowest BCUT2D eigenvalue weighted by molar-refractivity contribution is -0.386. The zero-order valence-corrected chi connectivity index (χ0v) is 10.9. The number of amidine groups is 1. The van der Waals surface area contributed by atoms with Crippen molar-refractivity contribution in [3.8, 4) is 5.75 Å². The van der Waals surface area contributed by atoms with Crippen molar-refractivity contribution in [1.29, 1.82) is 5.41 Å². The molecule has 21 heavy (non-hydrogen) atoms. The number of halogens is 1. The minimum atomic E-state index is -0.787. The Morgan fingerprint density at radius 3 is 2.52 bits per heavy atom. The van der Waals surface area contributed by atoms with Crippen LogP contribution in [0.5, 0.6) is 5.75 Å². The Morgan fingerprint density at radius 2 is 1.95 bits per heavy atom. The Morgan fingerprint density at radius 1 is 1.29 bits per heavy atom. The molecule has 0 aromatic heterocycles. The number of nitrogen functional groups attached to an aromatic ring is 1. The van der Waals surface area contributed by atoms with Gasteiger partial charge in [0.25, 0.3) is 0 Å². The molecular formula is C14H12FN3O3. The normalized spacial score (nSPS) is 10.1. The number of benzene rings is 2. The van der Waals surface area contributed by atoms with Crippen LogP contribution in [0.1, 0.15) is 11.1 Å². The number of ether oxygens (including phenoxy) is 1. The molecule has 2 aromatic rings. The molecule has 0 aliphatic rings. The van der Waals surface area contributed by atoms with E-state index in [0.29, 0.717) is 11.1 Å². The van der Waals surface area contributed by atoms with Crippen molar-refractivity contribution < 1.29 is 14.1 Å². The highest BCUT2D eigenvalue weighted by Crippen LogP contribution is 2.30. The maximum atomic E-state index is 13.6. The van der Waals surface area contributed by atoms with Crippen molar-refractivity contribution >= 4 is 11.5 Å². The van der Waals surface area contributed by atoms with E-state index in [1.165, 1.54) is 12.1 Å². The van der Waals surface area contributed by atoms with Crippen molar-refractivity contribution in [3.05, 3.63) is 69.5 Å². The fraction of sp³-hybridized carbons (Fsp3) is 0.0714. The summed E-state index contributed by atoms with van der Waals surface area (Å²) in [5, 5.41) is 18.1. The predicted octanol–water partition coefficient (Wildman–Crippen LogP) is 2.60. The van der Waals surface area contributed by atoms with E-state index in [-0.39, 0.29) is 12.4 Å². The number of nitrogens with zero attached hydrogens (tertiary/aromatic N) is 1. The van der Waals surface area contributed by atoms with Gasteiger partial charge in [0.1, 0.15) is 12.4 Å². The summed E-state index contributed by atoms with van der Waals surface area (Å²) in [6, 6.07) is 10.1. The van der Waals surface area contributed by atoms with E-state index in [4.69, 9.17) is 15.9 Å². The average Bonchev–Trinajstić information content (AvgIpc) is 2.46. The minimum Gasteiger partial charge on any atom is -0.480 e. The smallest absolute Gasteiger partial charge is 0.314 e. The highest BCUT2D eigenvalue weighted by Gasteiger charge is 2.19. The van der Waals surface area contributed by atoms with E-state index >= 15 is 0 Å². The van der Waals surface area contributed by atoms with E-state index < -0.39 is 22.2 Å². The van der Waals surface area contributed by atoms with Crippen LogP contribution in [-0.2, 0) is 6.61 Å². The van der Waals surface area contributed by atoms with Crippen LogP contribution in [0, 0.1) is 21.3 Å². The molecule has 0 fully saturated rings. The quantitative estimate of drug-likeness (QED) is 0.382. The van der Waals surface area contributed by atoms with Crippen molar-refractivity contribution in [3.63, 3.8) is 0 Å². The Labute approximate surface area is 119 Å². The molecule has 0 heterocycles. The summed E-state index contributed by atoms with van der Waals surface area (Å²) in [6.45, 7) is -0.0278. The molecule has 0 aliphatic carbocycles. The second-order valence-electron chi connectivity index (χ2n) is 4.24. The lowest BCUT2D eigenvalue weighted by Crippen LogP contribution is -2.10. The second-order valence-corrected chi connectivity index (χ2v) is 4.24. The number of nitrogens with two attached hydrogens (primary N) is 1. The van der Waals surface area contributed by atoms with Gasteiger partial charge in [-0.25, -0.2) is 4.39 Å². The van der Waals surface area contributed by atoms with Gasteiger partial charge in [-0.2, -0.15) is 0 Å². The third-order valence-electron chi connectivity index (χ3n) is 2.79. The van der Waals surface area contributed by atoms with Gasteiger partial charge in [0.05, 0.1) is 4.92 Å². The summed E-state index contributed by atoms with van der Waals surface area (Å²) in [7, 11) is 0. The lowest BCUT2D eigenvalue weighted by atomic mass is 10.1. The van der Waals surface area contributed by atoms with Crippen molar-refractivity contribution in [2.24, 2.45) is 5.73 Å². The van der Waals surface area contributed by atoms with Crippen molar-refractivity contribution in [2.45, 2.75) is 6.61 Å². The van der Waals surface area contributed by atoms with Crippen LogP contribution in [0.2, 0.25) is 0 Å². The fourth-order valence-electron chi connectivity index (χ4n) is 1.72. The SMILES string of the molecule is N=C(N)c1ccc(COc2c(F)cccc2[N+](=O)[O-])cc1. The monoisotopic (exact) mass is 289 g/mol. The largest absolute Gasteiger partial charge is 0.480 e. The van der Waals surface area contributed by atoms with E-state index in [9.17, 15) is 14.5 Å². The maximum Gasteiger partial charge on any atom is 0.314 e. The van der Waals surface area contributed by atoms with Gasteiger partial charge in [-0.1, -0.05) is 30.3 Å². The van der Waals surface area contributed by atoms with E-state index in [0.717, 1.165) is 6.07 Å². The van der Waals surface area contributed by atoms with Gasteiger partial charge in [-0.05, 0) is 11.6 Å². The average molecular weight is 289 g/mol. The molecule has 7 heteroatoms. The zero-order valence-electron chi connectivity index (χ0n) is 10.9. The Balaban J connectivity index is 2.16. The van der Waals surface area contributed by atoms with Gasteiger partial charge >= 0.3 is 5.69 Å². The molecule has 0 spiro atoms. The van der Waals surface area contributed by atoms with Gasteiger partial charge in [0, 0.05) is 11.6 Å². The van der Waals surface area contributed by atoms with Gasteiger partial charge in [-0.15, -0.1) is 0 Å². The minimum absolute atomic E-state index is 0.0278. The third kappa shape index (κ3) is 3.33. The van der Waals surface area contributed by atoms with Crippen LogP contribution in [0.4, 0.5) is 10.1 Å². The maximum absolute atomic E-state index is 13.6. The fourth-order valence-corrected chi connectivity index (χ4v) is 1.72. The van der Waals surface area contributed by atoms with Crippen LogP contribution < -0.4 is 10.5 Å². The van der Waals surface area contributed by atoms with Gasteiger partial charge in [-0.3, -0.25) is 15.5 Å². The first-order valence-electron chi connectivity index (χ1n) is 5.98. The number of para-hydroxylation sites is 1. The summed E-state index contributed by atoms with van der Waals surface area (Å²) in [6.07, 6.45) is 0. The number of hydrogen-bond acceptors (Lipinski definition) is 4. The molecule has 2 rings (SSSR count). The van der Waals surface area contributed by atoms with E-state index in [1.807, 2.05) is 0 Å². The Bertz CT molecular complexity index is 686. The third-order valence-corrected chi connectivity index (χ3v) is 2.79. The second kappa shape index (κ2) is 6.00. The summed E-state index contributed by atoms with van der Waals surface area (Å²) >= 11 is 0. The molecule has 0 amide bonds.